The van der Waals surface area contributed by atoms with Crippen LogP contribution in [0.2, 0.25) is 0 Å². The van der Waals surface area contributed by atoms with E-state index in [4.69, 9.17) is 9.26 Å². The minimum atomic E-state index is -0.00592. The molecule has 1 aromatic heterocycles. The van der Waals surface area contributed by atoms with Crippen LogP contribution in [0.5, 0.6) is 0 Å². The Labute approximate surface area is 116 Å². The van der Waals surface area contributed by atoms with Gasteiger partial charge >= 0.3 is 0 Å². The van der Waals surface area contributed by atoms with Gasteiger partial charge in [-0.15, -0.1) is 0 Å². The molecule has 1 saturated heterocycles. The summed E-state index contributed by atoms with van der Waals surface area (Å²) in [5, 5.41) is 6.70. The SMILES string of the molecule is O=C(NCc1ccc(-c2ncon2)cc1)[C@H]1CCOC1. The number of hydrogen-bond donors (Lipinski definition) is 1. The summed E-state index contributed by atoms with van der Waals surface area (Å²) in [6.07, 6.45) is 2.11. The van der Waals surface area contributed by atoms with Gasteiger partial charge in [0.25, 0.3) is 0 Å². The summed E-state index contributed by atoms with van der Waals surface area (Å²) in [5.41, 5.74) is 1.92. The van der Waals surface area contributed by atoms with Crippen molar-refractivity contribution >= 4 is 5.91 Å². The highest BCUT2D eigenvalue weighted by Crippen LogP contribution is 2.16. The lowest BCUT2D eigenvalue weighted by atomic mass is 10.1. The highest BCUT2D eigenvalue weighted by atomic mass is 16.5. The summed E-state index contributed by atoms with van der Waals surface area (Å²) in [7, 11) is 0. The monoisotopic (exact) mass is 273 g/mol. The zero-order valence-corrected chi connectivity index (χ0v) is 10.9. The molecule has 6 heteroatoms. The third-order valence-electron chi connectivity index (χ3n) is 3.34. The van der Waals surface area contributed by atoms with Crippen LogP contribution in [0.1, 0.15) is 12.0 Å². The van der Waals surface area contributed by atoms with Crippen molar-refractivity contribution in [3.63, 3.8) is 0 Å². The van der Waals surface area contributed by atoms with Gasteiger partial charge in [0.15, 0.2) is 0 Å². The average molecular weight is 273 g/mol. The number of carbonyl (C=O) groups is 1. The molecule has 3 rings (SSSR count). The van der Waals surface area contributed by atoms with E-state index >= 15 is 0 Å². The molecule has 1 N–H and O–H groups in total. The molecular formula is C14H15N3O3. The zero-order valence-electron chi connectivity index (χ0n) is 10.9. The predicted octanol–water partition coefficient (Wildman–Crippen LogP) is 1.39. The fourth-order valence-corrected chi connectivity index (χ4v) is 2.14. The van der Waals surface area contributed by atoms with Gasteiger partial charge in [-0.3, -0.25) is 4.79 Å². The molecular weight excluding hydrogens is 258 g/mol. The largest absolute Gasteiger partial charge is 0.381 e. The molecule has 6 nitrogen and oxygen atoms in total. The lowest BCUT2D eigenvalue weighted by Crippen LogP contribution is -2.30. The number of nitrogens with one attached hydrogen (secondary N) is 1. The maximum absolute atomic E-state index is 11.8. The van der Waals surface area contributed by atoms with Crippen LogP contribution in [-0.2, 0) is 16.1 Å². The molecule has 1 amide bonds. The maximum Gasteiger partial charge on any atom is 0.225 e. The molecule has 1 fully saturated rings. The van der Waals surface area contributed by atoms with E-state index in [1.807, 2.05) is 24.3 Å². The predicted molar refractivity (Wildman–Crippen MR) is 70.5 cm³/mol. The van der Waals surface area contributed by atoms with Crippen LogP contribution in [0.15, 0.2) is 35.2 Å². The quantitative estimate of drug-likeness (QED) is 0.910. The molecule has 20 heavy (non-hydrogen) atoms. The highest BCUT2D eigenvalue weighted by Gasteiger charge is 2.22. The number of carbonyl (C=O) groups excluding carboxylic acids is 1. The Kier molecular flexibility index (Phi) is 3.73. The molecule has 0 bridgehead atoms. The van der Waals surface area contributed by atoms with Crippen LogP contribution in [-0.4, -0.2) is 29.3 Å². The smallest absolute Gasteiger partial charge is 0.225 e. The summed E-state index contributed by atoms with van der Waals surface area (Å²) >= 11 is 0. The van der Waals surface area contributed by atoms with Crippen molar-refractivity contribution in [2.24, 2.45) is 5.92 Å². The summed E-state index contributed by atoms with van der Waals surface area (Å²) in [5.74, 6) is 0.613. The first-order chi connectivity index (χ1) is 9.83. The average Bonchev–Trinajstić information content (AvgIpc) is 3.18. The first-order valence-electron chi connectivity index (χ1n) is 6.54. The number of amides is 1. The van der Waals surface area contributed by atoms with Crippen LogP contribution < -0.4 is 5.32 Å². The highest BCUT2D eigenvalue weighted by molar-refractivity contribution is 5.79. The van der Waals surface area contributed by atoms with Gasteiger partial charge in [0, 0.05) is 18.7 Å². The molecule has 1 aliphatic heterocycles. The fraction of sp³-hybridized carbons (Fsp3) is 0.357. The van der Waals surface area contributed by atoms with E-state index in [1.165, 1.54) is 6.39 Å². The topological polar surface area (TPSA) is 77.3 Å². The van der Waals surface area contributed by atoms with Gasteiger partial charge < -0.3 is 14.6 Å². The molecule has 0 saturated carbocycles. The van der Waals surface area contributed by atoms with Gasteiger partial charge in [-0.2, -0.15) is 4.98 Å². The molecule has 0 spiro atoms. The van der Waals surface area contributed by atoms with E-state index in [-0.39, 0.29) is 11.8 Å². The van der Waals surface area contributed by atoms with Crippen LogP contribution in [0.4, 0.5) is 0 Å². The Morgan fingerprint density at radius 1 is 1.35 bits per heavy atom. The second-order valence-electron chi connectivity index (χ2n) is 4.73. The van der Waals surface area contributed by atoms with Gasteiger partial charge in [-0.25, -0.2) is 0 Å². The standard InChI is InChI=1S/C14H15N3O3/c18-14(12-5-6-19-8-12)15-7-10-1-3-11(4-2-10)13-16-9-20-17-13/h1-4,9,12H,5-8H2,(H,15,18)/t12-/m0/s1. The second-order valence-corrected chi connectivity index (χ2v) is 4.73. The summed E-state index contributed by atoms with van der Waals surface area (Å²) in [6.45, 7) is 1.72. The number of ether oxygens (including phenoxy) is 1. The van der Waals surface area contributed by atoms with Gasteiger partial charge in [0.2, 0.25) is 18.1 Å². The van der Waals surface area contributed by atoms with E-state index in [0.29, 0.717) is 25.6 Å². The van der Waals surface area contributed by atoms with Crippen LogP contribution in [0.3, 0.4) is 0 Å². The van der Waals surface area contributed by atoms with E-state index in [1.54, 1.807) is 0 Å². The third-order valence-corrected chi connectivity index (χ3v) is 3.34. The number of hydrogen-bond acceptors (Lipinski definition) is 5. The van der Waals surface area contributed by atoms with Crippen LogP contribution in [0.25, 0.3) is 11.4 Å². The zero-order chi connectivity index (χ0) is 13.8. The molecule has 1 atom stereocenters. The van der Waals surface area contributed by atoms with Crippen molar-refractivity contribution in [2.75, 3.05) is 13.2 Å². The number of benzene rings is 1. The van der Waals surface area contributed by atoms with E-state index in [2.05, 4.69) is 15.5 Å². The van der Waals surface area contributed by atoms with Crippen LogP contribution in [0, 0.1) is 5.92 Å². The molecule has 1 aliphatic rings. The summed E-state index contributed by atoms with van der Waals surface area (Å²) in [6, 6.07) is 7.70. The number of rotatable bonds is 4. The lowest BCUT2D eigenvalue weighted by molar-refractivity contribution is -0.125. The molecule has 0 radical (unpaired) electrons. The normalized spacial score (nSPS) is 18.1. The number of nitrogens with zero attached hydrogens (tertiary/aromatic N) is 2. The Hall–Kier alpha value is -2.21. The number of aromatic nitrogens is 2. The molecule has 0 unspecified atom stereocenters. The minimum absolute atomic E-state index is 0.00592. The van der Waals surface area contributed by atoms with Crippen molar-refractivity contribution in [2.45, 2.75) is 13.0 Å². The first kappa shape index (κ1) is 12.8. The van der Waals surface area contributed by atoms with Gasteiger partial charge in [0.05, 0.1) is 12.5 Å². The van der Waals surface area contributed by atoms with E-state index in [9.17, 15) is 4.79 Å². The summed E-state index contributed by atoms with van der Waals surface area (Å²) < 4.78 is 9.91. The van der Waals surface area contributed by atoms with Crippen molar-refractivity contribution in [1.29, 1.82) is 0 Å². The van der Waals surface area contributed by atoms with E-state index in [0.717, 1.165) is 17.5 Å². The molecule has 0 aliphatic carbocycles. The Balaban J connectivity index is 1.57. The molecule has 2 heterocycles. The Morgan fingerprint density at radius 3 is 2.85 bits per heavy atom. The van der Waals surface area contributed by atoms with Crippen molar-refractivity contribution in [1.82, 2.24) is 15.5 Å². The molecule has 1 aromatic carbocycles. The van der Waals surface area contributed by atoms with Crippen LogP contribution >= 0.6 is 0 Å². The molecule has 104 valence electrons. The third kappa shape index (κ3) is 2.85. The lowest BCUT2D eigenvalue weighted by Gasteiger charge is -2.09. The fourth-order valence-electron chi connectivity index (χ4n) is 2.14. The van der Waals surface area contributed by atoms with Crippen molar-refractivity contribution in [3.05, 3.63) is 36.2 Å². The second kappa shape index (κ2) is 5.83. The Bertz CT molecular complexity index is 560. The maximum atomic E-state index is 11.8. The van der Waals surface area contributed by atoms with Crippen molar-refractivity contribution < 1.29 is 14.1 Å². The molecule has 2 aromatic rings. The summed E-state index contributed by atoms with van der Waals surface area (Å²) in [4.78, 5) is 15.8. The van der Waals surface area contributed by atoms with Gasteiger partial charge in [-0.1, -0.05) is 29.4 Å². The Morgan fingerprint density at radius 2 is 2.20 bits per heavy atom. The van der Waals surface area contributed by atoms with Gasteiger partial charge in [0.1, 0.15) is 0 Å². The van der Waals surface area contributed by atoms with Gasteiger partial charge in [-0.05, 0) is 12.0 Å². The first-order valence-corrected chi connectivity index (χ1v) is 6.54. The van der Waals surface area contributed by atoms with Crippen molar-refractivity contribution in [3.8, 4) is 11.4 Å². The van der Waals surface area contributed by atoms with E-state index < -0.39 is 0 Å². The minimum Gasteiger partial charge on any atom is -0.381 e.